The van der Waals surface area contributed by atoms with Crippen molar-refractivity contribution in [3.05, 3.63) is 35.4 Å². The molecule has 11 heteroatoms. The van der Waals surface area contributed by atoms with Gasteiger partial charge in [-0.25, -0.2) is 9.67 Å². The Kier molecular flexibility index (Phi) is 10.9. The molecule has 220 valence electrons. The highest BCUT2D eigenvalue weighted by Crippen LogP contribution is 2.28. The summed E-state index contributed by atoms with van der Waals surface area (Å²) in [6, 6.07) is 4.65. The number of rotatable bonds is 7. The van der Waals surface area contributed by atoms with Crippen LogP contribution in [0.1, 0.15) is 69.7 Å². The van der Waals surface area contributed by atoms with E-state index in [9.17, 15) is 14.4 Å². The third kappa shape index (κ3) is 7.95. The van der Waals surface area contributed by atoms with Gasteiger partial charge in [0.15, 0.2) is 11.5 Å². The van der Waals surface area contributed by atoms with E-state index >= 15 is 0 Å². The topological polar surface area (TPSA) is 119 Å². The second kappa shape index (κ2) is 14.1. The zero-order valence-corrected chi connectivity index (χ0v) is 24.9. The summed E-state index contributed by atoms with van der Waals surface area (Å²) in [5.41, 5.74) is 0.973. The maximum absolute atomic E-state index is 13.4. The van der Waals surface area contributed by atoms with Gasteiger partial charge in [0, 0.05) is 33.0 Å². The van der Waals surface area contributed by atoms with Crippen LogP contribution < -0.4 is 14.8 Å². The molecule has 2 atom stereocenters. The Balaban J connectivity index is 1.84. The minimum atomic E-state index is -0.637. The number of amides is 3. The Morgan fingerprint density at radius 1 is 1.12 bits per heavy atom. The number of hydrogen-bond acceptors (Lipinski definition) is 7. The predicted octanol–water partition coefficient (Wildman–Crippen LogP) is 2.91. The third-order valence-electron chi connectivity index (χ3n) is 7.32. The van der Waals surface area contributed by atoms with E-state index in [0.717, 1.165) is 5.56 Å². The molecule has 0 radical (unpaired) electrons. The van der Waals surface area contributed by atoms with E-state index in [-0.39, 0.29) is 30.2 Å². The molecule has 1 aromatic heterocycles. The van der Waals surface area contributed by atoms with Crippen LogP contribution in [0.3, 0.4) is 0 Å². The first kappa shape index (κ1) is 30.9. The summed E-state index contributed by atoms with van der Waals surface area (Å²) < 4.78 is 12.5. The van der Waals surface area contributed by atoms with Crippen molar-refractivity contribution in [3.8, 4) is 11.5 Å². The lowest BCUT2D eigenvalue weighted by molar-refractivity contribution is -0.139. The number of carbonyl (C=O) groups is 3. The molecule has 1 aromatic carbocycles. The molecule has 0 fully saturated rings. The number of aryl methyl sites for hydroxylation is 2. The molecule has 3 amide bonds. The Hall–Kier alpha value is -3.63. The normalized spacial score (nSPS) is 19.2. The lowest BCUT2D eigenvalue weighted by atomic mass is 10.0. The second-order valence-electron chi connectivity index (χ2n) is 10.8. The van der Waals surface area contributed by atoms with Crippen molar-refractivity contribution in [3.63, 3.8) is 0 Å². The number of fused-ring (bicyclic) bond motifs is 1. The number of hydrogen-bond donors (Lipinski definition) is 1. The standard InChI is InChI=1S/C29H44N6O5/c1-19(2)17-23-28-30-21(4)32-35(28)16-15-34(14-8-9-26(36)33(5)20(3)29(38)31-23)27(37)13-11-22-10-12-24(39-6)25(18-22)40-7/h10,12,18-20,23H,8-9,11,13-17H2,1-7H3,(H,31,38)/t20-,23+/m0/s1. The maximum atomic E-state index is 13.4. The van der Waals surface area contributed by atoms with E-state index in [1.807, 2.05) is 29.8 Å². The zero-order valence-electron chi connectivity index (χ0n) is 24.9. The molecule has 0 saturated carbocycles. The number of likely N-dealkylation sites (N-methyl/N-ethyl adjacent to an activating group) is 1. The van der Waals surface area contributed by atoms with Crippen molar-refractivity contribution < 1.29 is 23.9 Å². The second-order valence-corrected chi connectivity index (χ2v) is 10.8. The van der Waals surface area contributed by atoms with Gasteiger partial charge in [-0.2, -0.15) is 5.10 Å². The van der Waals surface area contributed by atoms with Crippen LogP contribution in [0.4, 0.5) is 0 Å². The molecular formula is C29H44N6O5. The highest BCUT2D eigenvalue weighted by Gasteiger charge is 2.29. The van der Waals surface area contributed by atoms with Crippen LogP contribution in [0, 0.1) is 12.8 Å². The van der Waals surface area contributed by atoms with Gasteiger partial charge in [0.1, 0.15) is 17.7 Å². The predicted molar refractivity (Wildman–Crippen MR) is 151 cm³/mol. The van der Waals surface area contributed by atoms with Gasteiger partial charge in [0.25, 0.3) is 0 Å². The summed E-state index contributed by atoms with van der Waals surface area (Å²) in [4.78, 5) is 47.4. The van der Waals surface area contributed by atoms with Crippen molar-refractivity contribution in [1.82, 2.24) is 29.9 Å². The molecule has 11 nitrogen and oxygen atoms in total. The Bertz CT molecular complexity index is 1180. The number of ether oxygens (including phenoxy) is 2. The molecule has 40 heavy (non-hydrogen) atoms. The fourth-order valence-corrected chi connectivity index (χ4v) is 4.90. The minimum Gasteiger partial charge on any atom is -0.493 e. The molecule has 1 aliphatic rings. The van der Waals surface area contributed by atoms with E-state index in [4.69, 9.17) is 9.47 Å². The molecule has 1 aliphatic heterocycles. The van der Waals surface area contributed by atoms with Crippen molar-refractivity contribution in [2.75, 3.05) is 34.4 Å². The van der Waals surface area contributed by atoms with E-state index in [1.165, 1.54) is 4.90 Å². The molecule has 2 aromatic rings. The smallest absolute Gasteiger partial charge is 0.243 e. The Morgan fingerprint density at radius 2 is 1.85 bits per heavy atom. The van der Waals surface area contributed by atoms with Crippen molar-refractivity contribution >= 4 is 17.7 Å². The summed E-state index contributed by atoms with van der Waals surface area (Å²) in [7, 11) is 4.82. The summed E-state index contributed by atoms with van der Waals surface area (Å²) in [6.45, 7) is 9.01. The van der Waals surface area contributed by atoms with E-state index < -0.39 is 6.04 Å². The van der Waals surface area contributed by atoms with Crippen LogP contribution in [-0.4, -0.2) is 82.7 Å². The average molecular weight is 557 g/mol. The van der Waals surface area contributed by atoms with Crippen LogP contribution in [-0.2, 0) is 27.3 Å². The van der Waals surface area contributed by atoms with Crippen molar-refractivity contribution in [1.29, 1.82) is 0 Å². The number of nitrogens with zero attached hydrogens (tertiary/aromatic N) is 5. The molecule has 0 saturated heterocycles. The highest BCUT2D eigenvalue weighted by molar-refractivity contribution is 5.87. The average Bonchev–Trinajstić information content (AvgIpc) is 3.31. The van der Waals surface area contributed by atoms with Crippen molar-refractivity contribution in [2.45, 2.75) is 78.4 Å². The van der Waals surface area contributed by atoms with Crippen LogP contribution in [0.15, 0.2) is 18.2 Å². The lowest BCUT2D eigenvalue weighted by Crippen LogP contribution is -2.47. The molecule has 0 spiro atoms. The van der Waals surface area contributed by atoms with Gasteiger partial charge >= 0.3 is 0 Å². The monoisotopic (exact) mass is 556 g/mol. The SMILES string of the molecule is COc1ccc(CCC(=O)N2CCCC(=O)N(C)[C@@H](C)C(=O)N[C@H](CC(C)C)c3nc(C)nn3CC2)cc1OC. The molecular weight excluding hydrogens is 512 g/mol. The van der Waals surface area contributed by atoms with Gasteiger partial charge in [-0.1, -0.05) is 19.9 Å². The molecule has 0 unspecified atom stereocenters. The summed E-state index contributed by atoms with van der Waals surface area (Å²) in [6.07, 6.45) is 2.28. The Labute approximate surface area is 237 Å². The quantitative estimate of drug-likeness (QED) is 0.557. The Morgan fingerprint density at radius 3 is 2.52 bits per heavy atom. The first-order chi connectivity index (χ1) is 19.0. The molecule has 0 bridgehead atoms. The lowest BCUT2D eigenvalue weighted by Gasteiger charge is -2.29. The largest absolute Gasteiger partial charge is 0.493 e. The molecule has 3 rings (SSSR count). The van der Waals surface area contributed by atoms with Crippen LogP contribution in [0.25, 0.3) is 0 Å². The fourth-order valence-electron chi connectivity index (χ4n) is 4.90. The van der Waals surface area contributed by atoms with Gasteiger partial charge < -0.3 is 24.6 Å². The van der Waals surface area contributed by atoms with Gasteiger partial charge in [-0.3, -0.25) is 14.4 Å². The van der Waals surface area contributed by atoms with Crippen LogP contribution in [0.5, 0.6) is 11.5 Å². The van der Waals surface area contributed by atoms with E-state index in [2.05, 4.69) is 29.2 Å². The minimum absolute atomic E-state index is 0.00136. The van der Waals surface area contributed by atoms with E-state index in [0.29, 0.717) is 74.4 Å². The van der Waals surface area contributed by atoms with Crippen molar-refractivity contribution in [2.24, 2.45) is 5.92 Å². The number of benzene rings is 1. The summed E-state index contributed by atoms with van der Waals surface area (Å²) in [5, 5.41) is 7.71. The number of methoxy groups -OCH3 is 2. The zero-order chi connectivity index (χ0) is 29.4. The van der Waals surface area contributed by atoms with Gasteiger partial charge in [-0.15, -0.1) is 0 Å². The summed E-state index contributed by atoms with van der Waals surface area (Å²) >= 11 is 0. The van der Waals surface area contributed by atoms with Gasteiger partial charge in [-0.05, 0) is 56.7 Å². The molecule has 1 N–H and O–H groups in total. The molecule has 0 aliphatic carbocycles. The first-order valence-electron chi connectivity index (χ1n) is 14.0. The maximum Gasteiger partial charge on any atom is 0.243 e. The highest BCUT2D eigenvalue weighted by atomic mass is 16.5. The number of nitrogens with one attached hydrogen (secondary N) is 1. The summed E-state index contributed by atoms with van der Waals surface area (Å²) in [5.74, 6) is 2.47. The van der Waals surface area contributed by atoms with Crippen LogP contribution >= 0.6 is 0 Å². The third-order valence-corrected chi connectivity index (χ3v) is 7.32. The van der Waals surface area contributed by atoms with E-state index in [1.54, 1.807) is 33.1 Å². The molecule has 2 heterocycles. The van der Waals surface area contributed by atoms with Gasteiger partial charge in [0.05, 0.1) is 26.8 Å². The van der Waals surface area contributed by atoms with Crippen LogP contribution in [0.2, 0.25) is 0 Å². The number of carbonyl (C=O) groups excluding carboxylic acids is 3. The van der Waals surface area contributed by atoms with Gasteiger partial charge in [0.2, 0.25) is 17.7 Å². The first-order valence-corrected chi connectivity index (χ1v) is 14.0. The fraction of sp³-hybridized carbons (Fsp3) is 0.621. The number of aromatic nitrogens is 3.